The highest BCUT2D eigenvalue weighted by molar-refractivity contribution is 5.69. The summed E-state index contributed by atoms with van der Waals surface area (Å²) in [6.07, 6.45) is 7.37. The van der Waals surface area contributed by atoms with Gasteiger partial charge in [0.2, 0.25) is 0 Å². The first kappa shape index (κ1) is 15.6. The smallest absolute Gasteiger partial charge is 0.0735 e. The molecule has 0 spiro atoms. The summed E-state index contributed by atoms with van der Waals surface area (Å²) in [5.74, 6) is 0.781. The van der Waals surface area contributed by atoms with Gasteiger partial charge in [0, 0.05) is 6.54 Å². The van der Waals surface area contributed by atoms with Gasteiger partial charge in [-0.25, -0.2) is 0 Å². The van der Waals surface area contributed by atoms with Crippen LogP contribution >= 0.6 is 0 Å². The summed E-state index contributed by atoms with van der Waals surface area (Å²) in [5.41, 5.74) is 3.72. The zero-order chi connectivity index (χ0) is 16.2. The first-order valence-electron chi connectivity index (χ1n) is 9.03. The largest absolute Gasteiger partial charge is 0.372 e. The molecule has 3 fully saturated rings. The van der Waals surface area contributed by atoms with E-state index in [0.29, 0.717) is 6.10 Å². The number of hydrogen-bond donors (Lipinski definition) is 0. The predicted octanol–water partition coefficient (Wildman–Crippen LogP) is 4.47. The van der Waals surface area contributed by atoms with E-state index >= 15 is 0 Å². The van der Waals surface area contributed by atoms with Crippen molar-refractivity contribution >= 4 is 12.2 Å². The maximum Gasteiger partial charge on any atom is 0.0735 e. The van der Waals surface area contributed by atoms with Crippen LogP contribution in [0.2, 0.25) is 0 Å². The summed E-state index contributed by atoms with van der Waals surface area (Å²) < 4.78 is 6.21. The number of ether oxygens (including phenoxy) is 1. The molecule has 24 heavy (non-hydrogen) atoms. The van der Waals surface area contributed by atoms with Crippen LogP contribution in [-0.2, 0) is 11.3 Å². The van der Waals surface area contributed by atoms with Crippen LogP contribution in [-0.4, -0.2) is 30.6 Å². The average molecular weight is 319 g/mol. The fourth-order valence-electron chi connectivity index (χ4n) is 3.78. The molecule has 1 atom stereocenters. The van der Waals surface area contributed by atoms with E-state index in [-0.39, 0.29) is 0 Å². The van der Waals surface area contributed by atoms with Crippen molar-refractivity contribution in [3.8, 4) is 0 Å². The average Bonchev–Trinajstić information content (AvgIpc) is 2.67. The normalized spacial score (nSPS) is 26.1. The Hall–Kier alpha value is -1.90. The van der Waals surface area contributed by atoms with E-state index < -0.39 is 0 Å². The number of fused-ring (bicyclic) bond motifs is 3. The fraction of sp³-hybridized carbons (Fsp3) is 0.364. The quantitative estimate of drug-likeness (QED) is 0.754. The van der Waals surface area contributed by atoms with E-state index in [1.165, 1.54) is 42.6 Å². The van der Waals surface area contributed by atoms with Crippen LogP contribution in [0.25, 0.3) is 12.2 Å². The highest BCUT2D eigenvalue weighted by atomic mass is 16.5. The van der Waals surface area contributed by atoms with E-state index in [4.69, 9.17) is 4.74 Å². The van der Waals surface area contributed by atoms with Crippen molar-refractivity contribution < 1.29 is 4.74 Å². The van der Waals surface area contributed by atoms with Crippen molar-refractivity contribution in [2.24, 2.45) is 5.92 Å². The molecule has 124 valence electrons. The summed E-state index contributed by atoms with van der Waals surface area (Å²) in [5, 5.41) is 0. The molecule has 2 nitrogen and oxygen atoms in total. The Labute approximate surface area is 144 Å². The van der Waals surface area contributed by atoms with Gasteiger partial charge in [0.1, 0.15) is 0 Å². The molecule has 0 N–H and O–H groups in total. The maximum atomic E-state index is 6.21. The van der Waals surface area contributed by atoms with Crippen molar-refractivity contribution in [1.82, 2.24) is 4.90 Å². The molecule has 0 aliphatic carbocycles. The van der Waals surface area contributed by atoms with Crippen LogP contribution in [0.15, 0.2) is 54.6 Å². The summed E-state index contributed by atoms with van der Waals surface area (Å²) in [6, 6.07) is 19.1. The minimum absolute atomic E-state index is 0.435. The molecule has 2 aromatic rings. The molecule has 2 bridgehead atoms. The van der Waals surface area contributed by atoms with Gasteiger partial charge in [-0.3, -0.25) is 0 Å². The van der Waals surface area contributed by atoms with Gasteiger partial charge in [0.25, 0.3) is 0 Å². The Kier molecular flexibility index (Phi) is 4.77. The second kappa shape index (κ2) is 7.33. The fourth-order valence-corrected chi connectivity index (χ4v) is 3.78. The molecule has 2 aromatic carbocycles. The Balaban J connectivity index is 1.32. The minimum Gasteiger partial charge on any atom is -0.372 e. The van der Waals surface area contributed by atoms with Gasteiger partial charge in [-0.15, -0.1) is 0 Å². The SMILES string of the molecule is C(=C\c1ccc(COC2CN3CCC2CC3)cc1)/c1ccccc1. The van der Waals surface area contributed by atoms with Crippen LogP contribution in [0, 0.1) is 5.92 Å². The molecule has 0 saturated carbocycles. The minimum atomic E-state index is 0.435. The third kappa shape index (κ3) is 3.77. The second-order valence-electron chi connectivity index (χ2n) is 6.97. The standard InChI is InChI=1S/C22H25NO/c1-2-4-18(5-3-1)6-7-19-8-10-20(11-9-19)17-24-22-16-23-14-12-21(22)13-15-23/h1-11,21-22H,12-17H2/b7-6+. The lowest BCUT2D eigenvalue weighted by molar-refractivity contribution is -0.0765. The second-order valence-corrected chi connectivity index (χ2v) is 6.97. The highest BCUT2D eigenvalue weighted by Gasteiger charge is 2.34. The zero-order valence-corrected chi connectivity index (χ0v) is 14.1. The highest BCUT2D eigenvalue weighted by Crippen LogP contribution is 2.30. The number of rotatable bonds is 5. The third-order valence-electron chi connectivity index (χ3n) is 5.31. The molecular weight excluding hydrogens is 294 g/mol. The maximum absolute atomic E-state index is 6.21. The molecule has 3 saturated heterocycles. The van der Waals surface area contributed by atoms with Crippen LogP contribution in [0.5, 0.6) is 0 Å². The van der Waals surface area contributed by atoms with E-state index in [0.717, 1.165) is 19.1 Å². The van der Waals surface area contributed by atoms with Gasteiger partial charge in [0.05, 0.1) is 12.7 Å². The van der Waals surface area contributed by atoms with Crippen molar-refractivity contribution in [2.75, 3.05) is 19.6 Å². The number of nitrogens with zero attached hydrogens (tertiary/aromatic N) is 1. The monoisotopic (exact) mass is 319 g/mol. The molecule has 3 aliphatic heterocycles. The van der Waals surface area contributed by atoms with Gasteiger partial charge in [-0.1, -0.05) is 66.7 Å². The summed E-state index contributed by atoms with van der Waals surface area (Å²) in [7, 11) is 0. The Morgan fingerprint density at radius 2 is 1.54 bits per heavy atom. The molecule has 2 heteroatoms. The van der Waals surface area contributed by atoms with Gasteiger partial charge < -0.3 is 9.64 Å². The van der Waals surface area contributed by atoms with Crippen molar-refractivity contribution in [1.29, 1.82) is 0 Å². The van der Waals surface area contributed by atoms with Crippen molar-refractivity contribution in [3.05, 3.63) is 71.3 Å². The lowest BCUT2D eigenvalue weighted by atomic mass is 9.86. The number of piperidine rings is 3. The van der Waals surface area contributed by atoms with Crippen LogP contribution in [0.1, 0.15) is 29.5 Å². The Morgan fingerprint density at radius 3 is 2.17 bits per heavy atom. The summed E-state index contributed by atoms with van der Waals surface area (Å²) in [4.78, 5) is 2.54. The van der Waals surface area contributed by atoms with Gasteiger partial charge in [-0.2, -0.15) is 0 Å². The molecule has 3 aliphatic rings. The van der Waals surface area contributed by atoms with Gasteiger partial charge >= 0.3 is 0 Å². The van der Waals surface area contributed by atoms with Crippen molar-refractivity contribution in [2.45, 2.75) is 25.6 Å². The molecule has 1 unspecified atom stereocenters. The zero-order valence-electron chi connectivity index (χ0n) is 14.1. The topological polar surface area (TPSA) is 12.5 Å². The number of hydrogen-bond acceptors (Lipinski definition) is 2. The van der Waals surface area contributed by atoms with E-state index in [1.54, 1.807) is 0 Å². The molecular formula is C22H25NO. The van der Waals surface area contributed by atoms with Crippen molar-refractivity contribution in [3.63, 3.8) is 0 Å². The van der Waals surface area contributed by atoms with Crippen LogP contribution in [0.3, 0.4) is 0 Å². The molecule has 0 radical (unpaired) electrons. The van der Waals surface area contributed by atoms with Crippen LogP contribution < -0.4 is 0 Å². The Bertz CT molecular complexity index is 669. The van der Waals surface area contributed by atoms with E-state index in [2.05, 4.69) is 65.6 Å². The predicted molar refractivity (Wildman–Crippen MR) is 99.6 cm³/mol. The summed E-state index contributed by atoms with van der Waals surface area (Å²) in [6.45, 7) is 4.40. The number of benzene rings is 2. The van der Waals surface area contributed by atoms with Gasteiger partial charge in [0.15, 0.2) is 0 Å². The molecule has 0 amide bonds. The molecule has 5 rings (SSSR count). The van der Waals surface area contributed by atoms with E-state index in [9.17, 15) is 0 Å². The third-order valence-corrected chi connectivity index (χ3v) is 5.31. The first-order valence-corrected chi connectivity index (χ1v) is 9.03. The molecule has 3 heterocycles. The molecule has 0 aromatic heterocycles. The van der Waals surface area contributed by atoms with Crippen LogP contribution in [0.4, 0.5) is 0 Å². The first-order chi connectivity index (χ1) is 11.9. The van der Waals surface area contributed by atoms with E-state index in [1.807, 2.05) is 6.07 Å². The van der Waals surface area contributed by atoms with Gasteiger partial charge in [-0.05, 0) is 48.5 Å². The lowest BCUT2D eigenvalue weighted by Gasteiger charge is -2.44. The lowest BCUT2D eigenvalue weighted by Crippen LogP contribution is -2.51. The Morgan fingerprint density at radius 1 is 0.875 bits per heavy atom. The summed E-state index contributed by atoms with van der Waals surface area (Å²) >= 11 is 0.